The molecule has 1 aromatic rings. The van der Waals surface area contributed by atoms with Crippen molar-refractivity contribution < 1.29 is 9.59 Å². The first kappa shape index (κ1) is 18.9. The number of hydrogen-bond acceptors (Lipinski definition) is 2. The van der Waals surface area contributed by atoms with Crippen LogP contribution in [0.25, 0.3) is 22.5 Å². The molecule has 2 aliphatic carbocycles. The van der Waals surface area contributed by atoms with E-state index in [9.17, 15) is 9.59 Å². The summed E-state index contributed by atoms with van der Waals surface area (Å²) in [4.78, 5) is 32.9. The fourth-order valence-electron chi connectivity index (χ4n) is 4.36. The number of carbonyl (C=O) groups is 2. The van der Waals surface area contributed by atoms with Gasteiger partial charge in [0.15, 0.2) is 0 Å². The number of hydrogen-bond donors (Lipinski definition) is 1. The summed E-state index contributed by atoms with van der Waals surface area (Å²) in [5.74, 6) is 0.312. The third kappa shape index (κ3) is 3.28. The molecule has 2 amide bonds. The van der Waals surface area contributed by atoms with Gasteiger partial charge in [-0.15, -0.1) is 0 Å². The Morgan fingerprint density at radius 1 is 0.867 bits per heavy atom. The highest BCUT2D eigenvalue weighted by atomic mass is 16.2. The molecule has 0 unspecified atom stereocenters. The molecule has 5 nitrogen and oxygen atoms in total. The lowest BCUT2D eigenvalue weighted by molar-refractivity contribution is -0.137. The monoisotopic (exact) mass is 401 g/mol. The topological polar surface area (TPSA) is 56.4 Å². The van der Waals surface area contributed by atoms with E-state index in [0.717, 1.165) is 40.9 Å². The lowest BCUT2D eigenvalue weighted by Crippen LogP contribution is -2.52. The Labute approximate surface area is 177 Å². The van der Waals surface area contributed by atoms with Crippen LogP contribution in [0.15, 0.2) is 48.5 Å². The molecule has 154 valence electrons. The predicted molar refractivity (Wildman–Crippen MR) is 117 cm³/mol. The summed E-state index contributed by atoms with van der Waals surface area (Å²) in [5, 5.41) is 0. The molecule has 0 aromatic heterocycles. The second-order valence-electron chi connectivity index (χ2n) is 8.94. The molecule has 5 heteroatoms. The average molecular weight is 402 g/mol. The molecule has 2 heterocycles. The van der Waals surface area contributed by atoms with Crippen molar-refractivity contribution >= 4 is 11.8 Å². The lowest BCUT2D eigenvalue weighted by Gasteiger charge is -2.36. The summed E-state index contributed by atoms with van der Waals surface area (Å²) in [6.07, 6.45) is 1.99. The summed E-state index contributed by atoms with van der Waals surface area (Å²) < 4.78 is 0. The maximum Gasteiger partial charge on any atom is 0.254 e. The van der Waals surface area contributed by atoms with Gasteiger partial charge in [0.2, 0.25) is 5.91 Å². The van der Waals surface area contributed by atoms with Crippen LogP contribution < -0.4 is 0 Å². The Hall–Kier alpha value is -3.08. The van der Waals surface area contributed by atoms with E-state index in [2.05, 4.69) is 35.3 Å². The summed E-state index contributed by atoms with van der Waals surface area (Å²) >= 11 is 0. The number of carbonyl (C=O) groups excluding carboxylic acids is 2. The number of amides is 2. The van der Waals surface area contributed by atoms with Crippen LogP contribution in [0.1, 0.15) is 35.7 Å². The van der Waals surface area contributed by atoms with Gasteiger partial charge in [-0.25, -0.2) is 0 Å². The van der Waals surface area contributed by atoms with E-state index in [1.54, 1.807) is 0 Å². The molecule has 0 atom stereocenters. The first-order valence-electron chi connectivity index (χ1n) is 10.7. The smallest absolute Gasteiger partial charge is 0.254 e. The minimum absolute atomic E-state index is 0.0549. The number of aryl methyl sites for hydroxylation is 1. The number of nitrogens with one attached hydrogen (secondary N) is 1. The van der Waals surface area contributed by atoms with Gasteiger partial charge < -0.3 is 14.8 Å². The Morgan fingerprint density at radius 3 is 2.23 bits per heavy atom. The average Bonchev–Trinajstić information content (AvgIpc) is 3.34. The number of piperazine rings is 1. The summed E-state index contributed by atoms with van der Waals surface area (Å²) in [7, 11) is 0. The number of nitrogens with zero attached hydrogens (tertiary/aromatic N) is 2. The second-order valence-corrected chi connectivity index (χ2v) is 8.94. The Balaban J connectivity index is 1.29. The number of pyridine rings is 1. The van der Waals surface area contributed by atoms with Crippen LogP contribution in [-0.2, 0) is 4.79 Å². The van der Waals surface area contributed by atoms with Gasteiger partial charge in [0.05, 0.1) is 0 Å². The van der Waals surface area contributed by atoms with Gasteiger partial charge in [0.1, 0.15) is 0 Å². The van der Waals surface area contributed by atoms with Crippen molar-refractivity contribution in [2.45, 2.75) is 26.7 Å². The minimum Gasteiger partial charge on any atom is -0.355 e. The Bertz CT molecular complexity index is 1090. The van der Waals surface area contributed by atoms with Crippen molar-refractivity contribution in [3.8, 4) is 22.5 Å². The molecule has 2 aliphatic heterocycles. The van der Waals surface area contributed by atoms with Gasteiger partial charge in [-0.3, -0.25) is 9.59 Å². The predicted octanol–water partition coefficient (Wildman–Crippen LogP) is 4.18. The molecule has 1 saturated carbocycles. The van der Waals surface area contributed by atoms with Crippen LogP contribution in [0.2, 0.25) is 0 Å². The van der Waals surface area contributed by atoms with Gasteiger partial charge in [-0.2, -0.15) is 0 Å². The van der Waals surface area contributed by atoms with Crippen LogP contribution >= 0.6 is 0 Å². The minimum atomic E-state index is -0.138. The van der Waals surface area contributed by atoms with E-state index in [1.807, 2.05) is 41.8 Å². The number of rotatable bonds is 3. The fourth-order valence-corrected chi connectivity index (χ4v) is 4.36. The highest BCUT2D eigenvalue weighted by Crippen LogP contribution is 2.46. The van der Waals surface area contributed by atoms with Gasteiger partial charge in [-0.05, 0) is 60.7 Å². The number of aromatic amines is 1. The summed E-state index contributed by atoms with van der Waals surface area (Å²) in [5.41, 5.74) is 5.98. The van der Waals surface area contributed by atoms with Gasteiger partial charge in [0, 0.05) is 48.5 Å². The van der Waals surface area contributed by atoms with Crippen LogP contribution in [-0.4, -0.2) is 52.8 Å². The van der Waals surface area contributed by atoms with Gasteiger partial charge >= 0.3 is 0 Å². The van der Waals surface area contributed by atoms with Crippen LogP contribution in [0, 0.1) is 12.3 Å². The van der Waals surface area contributed by atoms with Crippen molar-refractivity contribution in [1.29, 1.82) is 0 Å². The third-order valence-corrected chi connectivity index (χ3v) is 6.69. The molecule has 0 spiro atoms. The molecule has 1 aromatic carbocycles. The van der Waals surface area contributed by atoms with Crippen molar-refractivity contribution in [1.82, 2.24) is 14.8 Å². The Morgan fingerprint density at radius 2 is 1.53 bits per heavy atom. The Kier molecular flexibility index (Phi) is 4.42. The normalized spacial score (nSPS) is 17.9. The largest absolute Gasteiger partial charge is 0.355 e. The molecule has 5 rings (SSSR count). The number of benzene rings is 1. The van der Waals surface area contributed by atoms with Gasteiger partial charge in [0.25, 0.3) is 5.91 Å². The zero-order valence-electron chi connectivity index (χ0n) is 17.6. The van der Waals surface area contributed by atoms with E-state index in [1.165, 1.54) is 5.56 Å². The van der Waals surface area contributed by atoms with Crippen molar-refractivity contribution in [3.05, 3.63) is 59.7 Å². The number of aromatic nitrogens is 1. The molecule has 30 heavy (non-hydrogen) atoms. The molecule has 4 aliphatic rings. The van der Waals surface area contributed by atoms with Crippen LogP contribution in [0.3, 0.4) is 0 Å². The van der Waals surface area contributed by atoms with Crippen LogP contribution in [0.5, 0.6) is 0 Å². The second kappa shape index (κ2) is 7.01. The number of H-pyrrole nitrogens is 1. The summed E-state index contributed by atoms with van der Waals surface area (Å²) in [6, 6.07) is 16.4. The third-order valence-electron chi connectivity index (χ3n) is 6.69. The molecule has 0 bridgehead atoms. The molecular formula is C25H27N3O2. The first-order chi connectivity index (χ1) is 14.4. The molecule has 1 saturated heterocycles. The molecular weight excluding hydrogens is 374 g/mol. The van der Waals surface area contributed by atoms with E-state index >= 15 is 0 Å². The number of fused-ring (bicyclic) bond motifs is 1. The maximum atomic E-state index is 13.1. The van der Waals surface area contributed by atoms with Gasteiger partial charge in [-0.1, -0.05) is 31.2 Å². The standard InChI is InChI=1S/C25H27N3O2/c1-17-16-19(22-9-7-18-4-3-5-21(18)26-22)6-8-20(17)23(29)27-12-14-28(15-13-27)24(30)25(2)10-11-25/h3-9,16,26H,10-15H2,1-2H3. The molecule has 2 fully saturated rings. The van der Waals surface area contributed by atoms with Crippen molar-refractivity contribution in [3.63, 3.8) is 0 Å². The van der Waals surface area contributed by atoms with E-state index in [4.69, 9.17) is 0 Å². The molecule has 0 radical (unpaired) electrons. The maximum absolute atomic E-state index is 13.1. The van der Waals surface area contributed by atoms with E-state index < -0.39 is 0 Å². The quantitative estimate of drug-likeness (QED) is 0.716. The molecule has 1 N–H and O–H groups in total. The van der Waals surface area contributed by atoms with Crippen molar-refractivity contribution in [2.24, 2.45) is 5.41 Å². The SMILES string of the molecule is Cc1cc(-c2ccc3cccc-3[nH]2)ccc1C(=O)N1CCN(C(=O)C2(C)CC2)CC1. The zero-order chi connectivity index (χ0) is 20.9. The highest BCUT2D eigenvalue weighted by Gasteiger charge is 2.47. The zero-order valence-corrected chi connectivity index (χ0v) is 17.6. The first-order valence-corrected chi connectivity index (χ1v) is 10.7. The highest BCUT2D eigenvalue weighted by molar-refractivity contribution is 5.96. The van der Waals surface area contributed by atoms with Crippen molar-refractivity contribution in [2.75, 3.05) is 26.2 Å². The summed E-state index contributed by atoms with van der Waals surface area (Å²) in [6.45, 7) is 6.50. The fraction of sp³-hybridized carbons (Fsp3) is 0.360. The lowest BCUT2D eigenvalue weighted by atomic mass is 10.0. The van der Waals surface area contributed by atoms with E-state index in [0.29, 0.717) is 26.2 Å². The van der Waals surface area contributed by atoms with Crippen LogP contribution in [0.4, 0.5) is 0 Å². The van der Waals surface area contributed by atoms with E-state index in [-0.39, 0.29) is 17.2 Å².